The fourth-order valence-corrected chi connectivity index (χ4v) is 4.73. The first-order valence-corrected chi connectivity index (χ1v) is 9.92. The van der Waals surface area contributed by atoms with Gasteiger partial charge in [-0.3, -0.25) is 14.7 Å². The van der Waals surface area contributed by atoms with Gasteiger partial charge < -0.3 is 4.90 Å². The first-order valence-electron chi connectivity index (χ1n) is 9.04. The number of hydrogen-bond acceptors (Lipinski definition) is 5. The molecule has 2 aliphatic rings. The SMILES string of the molecule is O=C(c1ccncc1)N1CCC2(CCN(Cc3nccs3)CC2)CC1. The lowest BCUT2D eigenvalue weighted by molar-refractivity contribution is 0.0285. The largest absolute Gasteiger partial charge is 0.339 e. The molecule has 0 unspecified atom stereocenters. The fraction of sp³-hybridized carbons (Fsp3) is 0.526. The summed E-state index contributed by atoms with van der Waals surface area (Å²) in [4.78, 5) is 25.5. The van der Waals surface area contributed by atoms with Crippen molar-refractivity contribution in [1.29, 1.82) is 0 Å². The van der Waals surface area contributed by atoms with Crippen molar-refractivity contribution in [2.45, 2.75) is 32.2 Å². The second-order valence-corrected chi connectivity index (χ2v) is 8.21. The van der Waals surface area contributed by atoms with E-state index in [1.54, 1.807) is 23.7 Å². The molecule has 0 aliphatic carbocycles. The minimum Gasteiger partial charge on any atom is -0.339 e. The van der Waals surface area contributed by atoms with Crippen LogP contribution in [0.5, 0.6) is 0 Å². The van der Waals surface area contributed by atoms with Crippen molar-refractivity contribution in [3.05, 3.63) is 46.7 Å². The van der Waals surface area contributed by atoms with E-state index < -0.39 is 0 Å². The lowest BCUT2D eigenvalue weighted by Crippen LogP contribution is -2.48. The zero-order valence-electron chi connectivity index (χ0n) is 14.4. The van der Waals surface area contributed by atoms with Gasteiger partial charge in [0.15, 0.2) is 0 Å². The highest BCUT2D eigenvalue weighted by atomic mass is 32.1. The fourth-order valence-electron chi connectivity index (χ4n) is 4.07. The van der Waals surface area contributed by atoms with Crippen LogP contribution in [0.15, 0.2) is 36.1 Å². The van der Waals surface area contributed by atoms with Gasteiger partial charge in [0.25, 0.3) is 5.91 Å². The Hall–Kier alpha value is -1.79. The average Bonchev–Trinajstić information content (AvgIpc) is 3.18. The maximum absolute atomic E-state index is 12.6. The Labute approximate surface area is 152 Å². The first kappa shape index (κ1) is 16.7. The highest BCUT2D eigenvalue weighted by molar-refractivity contribution is 7.09. The molecule has 1 amide bonds. The van der Waals surface area contributed by atoms with Crippen LogP contribution in [0.25, 0.3) is 0 Å². The van der Waals surface area contributed by atoms with Gasteiger partial charge in [0, 0.05) is 42.6 Å². The molecule has 0 atom stereocenters. The summed E-state index contributed by atoms with van der Waals surface area (Å²) >= 11 is 1.74. The van der Waals surface area contributed by atoms with E-state index in [1.807, 2.05) is 23.2 Å². The molecule has 0 saturated carbocycles. The standard InChI is InChI=1S/C19H24N4OS/c24-18(16-1-7-20-8-2-16)23-12-5-19(6-13-23)3-10-22(11-4-19)15-17-21-9-14-25-17/h1-2,7-9,14H,3-6,10-13,15H2. The van der Waals surface area contributed by atoms with Gasteiger partial charge in [0.2, 0.25) is 0 Å². The number of hydrogen-bond donors (Lipinski definition) is 0. The van der Waals surface area contributed by atoms with Crippen molar-refractivity contribution in [2.75, 3.05) is 26.2 Å². The van der Waals surface area contributed by atoms with Gasteiger partial charge in [-0.2, -0.15) is 0 Å². The maximum atomic E-state index is 12.6. The second kappa shape index (κ2) is 7.22. The zero-order valence-corrected chi connectivity index (χ0v) is 15.2. The van der Waals surface area contributed by atoms with Crippen molar-refractivity contribution < 1.29 is 4.79 Å². The Balaban J connectivity index is 1.29. The van der Waals surface area contributed by atoms with Crippen LogP contribution in [0.1, 0.15) is 41.0 Å². The van der Waals surface area contributed by atoms with Gasteiger partial charge in [0.1, 0.15) is 5.01 Å². The van der Waals surface area contributed by atoms with E-state index in [1.165, 1.54) is 17.8 Å². The lowest BCUT2D eigenvalue weighted by atomic mass is 9.71. The Bertz CT molecular complexity index is 685. The van der Waals surface area contributed by atoms with E-state index in [2.05, 4.69) is 20.2 Å². The van der Waals surface area contributed by atoms with Crippen molar-refractivity contribution >= 4 is 17.2 Å². The van der Waals surface area contributed by atoms with Crippen molar-refractivity contribution in [1.82, 2.24) is 19.8 Å². The molecule has 2 saturated heterocycles. The number of thiazole rings is 1. The summed E-state index contributed by atoms with van der Waals surface area (Å²) < 4.78 is 0. The molecule has 2 aliphatic heterocycles. The molecule has 4 heterocycles. The van der Waals surface area contributed by atoms with E-state index in [4.69, 9.17) is 0 Å². The predicted octanol–water partition coefficient (Wildman–Crippen LogP) is 3.06. The van der Waals surface area contributed by atoms with Crippen molar-refractivity contribution in [3.63, 3.8) is 0 Å². The Morgan fingerprint density at radius 1 is 1.04 bits per heavy atom. The van der Waals surface area contributed by atoms with Crippen LogP contribution < -0.4 is 0 Å². The van der Waals surface area contributed by atoms with Gasteiger partial charge in [-0.25, -0.2) is 4.98 Å². The molecule has 0 N–H and O–H groups in total. The van der Waals surface area contributed by atoms with Gasteiger partial charge in [-0.05, 0) is 56.3 Å². The summed E-state index contributed by atoms with van der Waals surface area (Å²) in [6.07, 6.45) is 10.0. The molecule has 6 heteroatoms. The molecule has 0 radical (unpaired) electrons. The van der Waals surface area contributed by atoms with Crippen molar-refractivity contribution in [3.8, 4) is 0 Å². The van der Waals surface area contributed by atoms with Crippen LogP contribution in [0, 0.1) is 5.41 Å². The summed E-state index contributed by atoms with van der Waals surface area (Å²) in [5, 5.41) is 3.27. The summed E-state index contributed by atoms with van der Waals surface area (Å²) in [6, 6.07) is 3.62. The third-order valence-corrected chi connectivity index (χ3v) is 6.56. The molecule has 1 spiro atoms. The number of pyridine rings is 1. The van der Waals surface area contributed by atoms with Crippen LogP contribution >= 0.6 is 11.3 Å². The normalized spacial score (nSPS) is 20.7. The predicted molar refractivity (Wildman–Crippen MR) is 98.4 cm³/mol. The molecule has 4 rings (SSSR count). The summed E-state index contributed by atoms with van der Waals surface area (Å²) in [5.41, 5.74) is 1.19. The molecule has 0 bridgehead atoms. The van der Waals surface area contributed by atoms with E-state index in [0.29, 0.717) is 5.41 Å². The van der Waals surface area contributed by atoms with Crippen LogP contribution in [-0.4, -0.2) is 51.9 Å². The number of aromatic nitrogens is 2. The molecule has 2 aromatic rings. The molecule has 25 heavy (non-hydrogen) atoms. The average molecular weight is 356 g/mol. The second-order valence-electron chi connectivity index (χ2n) is 7.23. The maximum Gasteiger partial charge on any atom is 0.253 e. The van der Waals surface area contributed by atoms with E-state index in [0.717, 1.165) is 51.1 Å². The number of rotatable bonds is 3. The summed E-state index contributed by atoms with van der Waals surface area (Å²) in [7, 11) is 0. The van der Waals surface area contributed by atoms with Crippen LogP contribution in [-0.2, 0) is 6.54 Å². The number of likely N-dealkylation sites (tertiary alicyclic amines) is 2. The summed E-state index contributed by atoms with van der Waals surface area (Å²) in [6.45, 7) is 5.05. The number of amides is 1. The first-order chi connectivity index (χ1) is 12.2. The van der Waals surface area contributed by atoms with Crippen LogP contribution in [0.3, 0.4) is 0 Å². The van der Waals surface area contributed by atoms with Gasteiger partial charge in [0.05, 0.1) is 6.54 Å². The van der Waals surface area contributed by atoms with Crippen LogP contribution in [0.4, 0.5) is 0 Å². The number of piperidine rings is 2. The molecule has 5 nitrogen and oxygen atoms in total. The molecule has 2 fully saturated rings. The van der Waals surface area contributed by atoms with E-state index >= 15 is 0 Å². The van der Waals surface area contributed by atoms with Crippen molar-refractivity contribution in [2.24, 2.45) is 5.41 Å². The molecule has 132 valence electrons. The third-order valence-electron chi connectivity index (χ3n) is 5.80. The van der Waals surface area contributed by atoms with E-state index in [-0.39, 0.29) is 5.91 Å². The summed E-state index contributed by atoms with van der Waals surface area (Å²) in [5.74, 6) is 0.151. The topological polar surface area (TPSA) is 49.3 Å². The monoisotopic (exact) mass is 356 g/mol. The molecular weight excluding hydrogens is 332 g/mol. The van der Waals surface area contributed by atoms with Crippen LogP contribution in [0.2, 0.25) is 0 Å². The highest BCUT2D eigenvalue weighted by Gasteiger charge is 2.38. The molecule has 0 aromatic carbocycles. The Kier molecular flexibility index (Phi) is 4.81. The molecular formula is C19H24N4OS. The van der Waals surface area contributed by atoms with Gasteiger partial charge in [-0.15, -0.1) is 11.3 Å². The minimum absolute atomic E-state index is 0.151. The number of carbonyl (C=O) groups is 1. The van der Waals surface area contributed by atoms with E-state index in [9.17, 15) is 4.79 Å². The minimum atomic E-state index is 0.151. The Morgan fingerprint density at radius 3 is 2.36 bits per heavy atom. The molecule has 2 aromatic heterocycles. The quantitative estimate of drug-likeness (QED) is 0.848. The zero-order chi connectivity index (χ0) is 17.1. The lowest BCUT2D eigenvalue weighted by Gasteiger charge is -2.46. The number of nitrogens with zero attached hydrogens (tertiary/aromatic N) is 4. The Morgan fingerprint density at radius 2 is 1.72 bits per heavy atom. The third kappa shape index (κ3) is 3.75. The van der Waals surface area contributed by atoms with Gasteiger partial charge >= 0.3 is 0 Å². The number of carbonyl (C=O) groups excluding carboxylic acids is 1. The van der Waals surface area contributed by atoms with Gasteiger partial charge in [-0.1, -0.05) is 0 Å². The smallest absolute Gasteiger partial charge is 0.253 e. The highest BCUT2D eigenvalue weighted by Crippen LogP contribution is 2.41.